The largest absolute Gasteiger partial charge is 0.258 e. The van der Waals surface area contributed by atoms with Crippen molar-refractivity contribution in [2.24, 2.45) is 15.9 Å². The summed E-state index contributed by atoms with van der Waals surface area (Å²) < 4.78 is 0. The second-order valence-corrected chi connectivity index (χ2v) is 17.5. The number of amidine groups is 1. The van der Waals surface area contributed by atoms with Crippen LogP contribution in [0.5, 0.6) is 0 Å². The summed E-state index contributed by atoms with van der Waals surface area (Å²) in [5.74, 6) is 2.32. The van der Waals surface area contributed by atoms with E-state index in [2.05, 4.69) is 161 Å². The van der Waals surface area contributed by atoms with E-state index in [9.17, 15) is 0 Å². The predicted molar refractivity (Wildman–Crippen MR) is 226 cm³/mol. The van der Waals surface area contributed by atoms with E-state index in [1.165, 1.54) is 66.9 Å². The fraction of sp³-hybridized carbons (Fsp3) is 0.308. The van der Waals surface area contributed by atoms with E-state index < -0.39 is 0 Å². The topological polar surface area (TPSA) is 24.7 Å². The van der Waals surface area contributed by atoms with Crippen LogP contribution < -0.4 is 0 Å². The van der Waals surface area contributed by atoms with E-state index in [0.29, 0.717) is 17.8 Å². The lowest BCUT2D eigenvalue weighted by molar-refractivity contribution is 0.390. The van der Waals surface area contributed by atoms with E-state index in [4.69, 9.17) is 9.98 Å². The summed E-state index contributed by atoms with van der Waals surface area (Å²) in [6, 6.07) is 36.3. The molecule has 0 bridgehead atoms. The van der Waals surface area contributed by atoms with Gasteiger partial charge < -0.3 is 0 Å². The van der Waals surface area contributed by atoms with Crippen LogP contribution in [0, 0.1) is 5.92 Å². The Balaban J connectivity index is 0.919. The molecular formula is C52H50N2. The summed E-state index contributed by atoms with van der Waals surface area (Å²) in [6.07, 6.45) is 21.0. The van der Waals surface area contributed by atoms with Gasteiger partial charge in [0.1, 0.15) is 0 Å². The van der Waals surface area contributed by atoms with Crippen LogP contribution in [-0.2, 0) is 10.8 Å². The van der Waals surface area contributed by atoms with Crippen LogP contribution in [0.25, 0.3) is 11.1 Å². The maximum Gasteiger partial charge on any atom is 0.155 e. The van der Waals surface area contributed by atoms with Gasteiger partial charge in [0.15, 0.2) is 5.84 Å². The van der Waals surface area contributed by atoms with Crippen molar-refractivity contribution >= 4 is 22.7 Å². The second-order valence-electron chi connectivity index (χ2n) is 17.5. The monoisotopic (exact) mass is 702 g/mol. The van der Waals surface area contributed by atoms with Gasteiger partial charge in [0.2, 0.25) is 0 Å². The molecule has 0 N–H and O–H groups in total. The molecule has 0 radical (unpaired) electrons. The number of benzene rings is 4. The van der Waals surface area contributed by atoms with Crippen LogP contribution in [0.3, 0.4) is 0 Å². The van der Waals surface area contributed by atoms with Crippen molar-refractivity contribution in [2.45, 2.75) is 94.9 Å². The summed E-state index contributed by atoms with van der Waals surface area (Å²) >= 11 is 0. The third-order valence-corrected chi connectivity index (χ3v) is 13.7. The van der Waals surface area contributed by atoms with E-state index in [1.54, 1.807) is 0 Å². The number of allylic oxidation sites excluding steroid dienone is 10. The number of hydrogen-bond donors (Lipinski definition) is 0. The molecule has 0 spiro atoms. The lowest BCUT2D eigenvalue weighted by atomic mass is 9.69. The normalized spacial score (nSPS) is 25.9. The molecule has 0 saturated heterocycles. The van der Waals surface area contributed by atoms with Gasteiger partial charge >= 0.3 is 0 Å². The average molecular weight is 703 g/mol. The Morgan fingerprint density at radius 1 is 0.722 bits per heavy atom. The molecule has 1 heterocycles. The molecule has 4 aromatic rings. The number of rotatable bonds is 5. The summed E-state index contributed by atoms with van der Waals surface area (Å²) in [6.45, 7) is 9.81. The van der Waals surface area contributed by atoms with E-state index in [1.807, 2.05) is 0 Å². The lowest BCUT2D eigenvalue weighted by Gasteiger charge is -2.34. The standard InChI is InChI=1S/C52H50N2/c1-51(2)44-18-12-11-17-40(44)42-30-43-41-28-27-39(29-45(41)52(3,4)47(43)31-46(42)51)35-21-25-37(26-22-35)49-32-48(53-50(54-49)38-15-9-6-10-16-38)36-23-19-34(20-24-36)33-13-7-5-8-14-33/h6-7,9-20,23-25,27-31,35,42,46,48H,5,8,21-22,26,32H2,1-4H3. The summed E-state index contributed by atoms with van der Waals surface area (Å²) in [4.78, 5) is 10.5. The average Bonchev–Trinajstić information content (AvgIpc) is 3.59. The van der Waals surface area contributed by atoms with Crippen molar-refractivity contribution in [2.75, 3.05) is 0 Å². The molecule has 4 atom stereocenters. The Kier molecular flexibility index (Phi) is 7.91. The Morgan fingerprint density at radius 3 is 2.30 bits per heavy atom. The van der Waals surface area contributed by atoms with Crippen molar-refractivity contribution in [3.63, 3.8) is 0 Å². The lowest BCUT2D eigenvalue weighted by Crippen LogP contribution is -2.27. The molecule has 2 heteroatoms. The van der Waals surface area contributed by atoms with Gasteiger partial charge in [-0.25, -0.2) is 4.99 Å². The van der Waals surface area contributed by atoms with Crippen molar-refractivity contribution in [1.29, 1.82) is 0 Å². The van der Waals surface area contributed by atoms with Gasteiger partial charge in [-0.15, -0.1) is 0 Å². The third-order valence-electron chi connectivity index (χ3n) is 13.7. The quantitative estimate of drug-likeness (QED) is 0.198. The highest BCUT2D eigenvalue weighted by molar-refractivity contribution is 6.14. The summed E-state index contributed by atoms with van der Waals surface area (Å²) in [5.41, 5.74) is 18.2. The highest BCUT2D eigenvalue weighted by Gasteiger charge is 2.49. The van der Waals surface area contributed by atoms with E-state index >= 15 is 0 Å². The van der Waals surface area contributed by atoms with Crippen molar-refractivity contribution in [3.05, 3.63) is 189 Å². The molecule has 0 saturated carbocycles. The van der Waals surface area contributed by atoms with Crippen LogP contribution in [-0.4, -0.2) is 11.5 Å². The van der Waals surface area contributed by atoms with Crippen LogP contribution in [0.15, 0.2) is 155 Å². The fourth-order valence-electron chi connectivity index (χ4n) is 10.6. The van der Waals surface area contributed by atoms with Gasteiger partial charge in [-0.1, -0.05) is 161 Å². The van der Waals surface area contributed by atoms with Gasteiger partial charge in [0, 0.05) is 29.0 Å². The minimum Gasteiger partial charge on any atom is -0.258 e. The maximum atomic E-state index is 5.26. The fourth-order valence-corrected chi connectivity index (χ4v) is 10.6. The predicted octanol–water partition coefficient (Wildman–Crippen LogP) is 13.0. The zero-order valence-corrected chi connectivity index (χ0v) is 32.1. The minimum absolute atomic E-state index is 0.00999. The number of aliphatic imine (C=N–C) groups is 2. The van der Waals surface area contributed by atoms with E-state index in [-0.39, 0.29) is 16.9 Å². The molecular weight excluding hydrogens is 653 g/mol. The molecule has 0 fully saturated rings. The number of nitrogens with zero attached hydrogens (tertiary/aromatic N) is 2. The first-order chi connectivity index (χ1) is 26.3. The highest BCUT2D eigenvalue weighted by Crippen LogP contribution is 2.60. The van der Waals surface area contributed by atoms with Crippen molar-refractivity contribution in [1.82, 2.24) is 0 Å². The first-order valence-electron chi connectivity index (χ1n) is 20.3. The zero-order valence-electron chi connectivity index (χ0n) is 32.1. The molecule has 4 unspecified atom stereocenters. The SMILES string of the molecule is CC1(C)C2=CC3C(C=C2c2ccc(C4CC=C(C5=NC(c6ccccc6)=NC(c6ccc(C7=CCCC=C7)cc6)C5)CC4)cc21)c1ccccc1C3(C)C. The van der Waals surface area contributed by atoms with Gasteiger partial charge in [-0.3, -0.25) is 4.99 Å². The molecule has 54 heavy (non-hydrogen) atoms. The molecule has 1 aliphatic heterocycles. The summed E-state index contributed by atoms with van der Waals surface area (Å²) in [7, 11) is 0. The molecule has 2 nitrogen and oxygen atoms in total. The van der Waals surface area contributed by atoms with Crippen LogP contribution in [0.1, 0.15) is 129 Å². The zero-order chi connectivity index (χ0) is 36.6. The number of fused-ring (bicyclic) bond motifs is 6. The molecule has 268 valence electrons. The minimum atomic E-state index is -0.00999. The third kappa shape index (κ3) is 5.44. The summed E-state index contributed by atoms with van der Waals surface area (Å²) in [5, 5.41) is 0. The van der Waals surface area contributed by atoms with Crippen LogP contribution in [0.2, 0.25) is 0 Å². The Hall–Kier alpha value is -5.08. The Labute approximate surface area is 321 Å². The Morgan fingerprint density at radius 2 is 1.52 bits per heavy atom. The second kappa shape index (κ2) is 12.8. The van der Waals surface area contributed by atoms with Gasteiger partial charge in [-0.2, -0.15) is 0 Å². The molecule has 0 aromatic heterocycles. The van der Waals surface area contributed by atoms with Gasteiger partial charge in [0.25, 0.3) is 0 Å². The molecule has 10 rings (SSSR count). The van der Waals surface area contributed by atoms with Crippen molar-refractivity contribution in [3.8, 4) is 0 Å². The first-order valence-corrected chi connectivity index (χ1v) is 20.3. The molecule has 0 amide bonds. The Bertz CT molecular complexity index is 2390. The van der Waals surface area contributed by atoms with Gasteiger partial charge in [0.05, 0.1) is 6.04 Å². The van der Waals surface area contributed by atoms with E-state index in [0.717, 1.165) is 49.9 Å². The maximum absolute atomic E-state index is 5.26. The van der Waals surface area contributed by atoms with Gasteiger partial charge in [-0.05, 0) is 111 Å². The van der Waals surface area contributed by atoms with Crippen LogP contribution >= 0.6 is 0 Å². The van der Waals surface area contributed by atoms with Crippen molar-refractivity contribution < 1.29 is 0 Å². The number of hydrogen-bond acceptors (Lipinski definition) is 2. The molecule has 4 aromatic carbocycles. The molecule has 5 aliphatic carbocycles. The highest BCUT2D eigenvalue weighted by atomic mass is 15.0. The molecule has 6 aliphatic rings. The van der Waals surface area contributed by atoms with Crippen LogP contribution in [0.4, 0.5) is 0 Å². The smallest absolute Gasteiger partial charge is 0.155 e. The first kappa shape index (κ1) is 33.5.